The second-order valence-corrected chi connectivity index (χ2v) is 4.69. The fraction of sp³-hybridized carbons (Fsp3) is 0.429. The third kappa shape index (κ3) is 1.61. The van der Waals surface area contributed by atoms with Gasteiger partial charge in [0.2, 0.25) is 0 Å². The van der Waals surface area contributed by atoms with Gasteiger partial charge in [-0.1, -0.05) is 0 Å². The Morgan fingerprint density at radius 1 is 1.47 bits per heavy atom. The van der Waals surface area contributed by atoms with Crippen molar-refractivity contribution in [1.29, 1.82) is 5.26 Å². The number of fused-ring (bicyclic) bond motifs is 1. The van der Waals surface area contributed by atoms with Gasteiger partial charge >= 0.3 is 0 Å². The van der Waals surface area contributed by atoms with E-state index in [4.69, 9.17) is 10.00 Å². The van der Waals surface area contributed by atoms with Crippen molar-refractivity contribution in [2.75, 3.05) is 7.11 Å². The van der Waals surface area contributed by atoms with Gasteiger partial charge in [-0.05, 0) is 49.9 Å². The van der Waals surface area contributed by atoms with Gasteiger partial charge in [0, 0.05) is 5.56 Å². The lowest BCUT2D eigenvalue weighted by atomic mass is 9.72. The average molecular weight is 229 g/mol. The lowest BCUT2D eigenvalue weighted by molar-refractivity contribution is 0.0854. The van der Waals surface area contributed by atoms with E-state index in [0.29, 0.717) is 12.0 Å². The van der Waals surface area contributed by atoms with Crippen LogP contribution in [0.4, 0.5) is 0 Å². The molecule has 3 nitrogen and oxygen atoms in total. The molecule has 0 bridgehead atoms. The van der Waals surface area contributed by atoms with Crippen LogP contribution < -0.4 is 4.74 Å². The van der Waals surface area contributed by atoms with Crippen LogP contribution in [0.1, 0.15) is 34.8 Å². The quantitative estimate of drug-likeness (QED) is 0.743. The van der Waals surface area contributed by atoms with E-state index in [0.717, 1.165) is 23.3 Å². The number of benzene rings is 1. The van der Waals surface area contributed by atoms with Gasteiger partial charge in [0.15, 0.2) is 5.78 Å². The van der Waals surface area contributed by atoms with Crippen LogP contribution in [0.15, 0.2) is 12.1 Å². The predicted molar refractivity (Wildman–Crippen MR) is 64.1 cm³/mol. The Balaban J connectivity index is 2.58. The molecular weight excluding hydrogens is 214 g/mol. The molecule has 0 fully saturated rings. The first-order valence-electron chi connectivity index (χ1n) is 5.66. The molecule has 0 spiro atoms. The molecule has 88 valence electrons. The summed E-state index contributed by atoms with van der Waals surface area (Å²) in [6.45, 7) is 3.68. The maximum atomic E-state index is 12.3. The Labute approximate surface area is 101 Å². The Morgan fingerprint density at radius 3 is 2.76 bits per heavy atom. The van der Waals surface area contributed by atoms with Crippen molar-refractivity contribution in [2.24, 2.45) is 5.41 Å². The molecule has 0 saturated heterocycles. The SMILES string of the molecule is COc1ccc2c(c1C)CC[C@@](C)(C#N)C2=O. The second-order valence-electron chi connectivity index (χ2n) is 4.69. The van der Waals surface area contributed by atoms with Crippen molar-refractivity contribution in [3.8, 4) is 11.8 Å². The first-order chi connectivity index (χ1) is 8.03. The van der Waals surface area contributed by atoms with Crippen LogP contribution >= 0.6 is 0 Å². The van der Waals surface area contributed by atoms with Crippen LogP contribution in [-0.4, -0.2) is 12.9 Å². The van der Waals surface area contributed by atoms with Crippen LogP contribution in [0.25, 0.3) is 0 Å². The number of carbonyl (C=O) groups is 1. The molecule has 0 saturated carbocycles. The number of Topliss-reactive ketones (excluding diaryl/α,β-unsaturated/α-hetero) is 1. The highest BCUT2D eigenvalue weighted by Crippen LogP contribution is 2.38. The zero-order chi connectivity index (χ0) is 12.6. The molecule has 0 aromatic heterocycles. The summed E-state index contributed by atoms with van der Waals surface area (Å²) in [5, 5.41) is 9.12. The van der Waals surface area contributed by atoms with Gasteiger partial charge in [-0.3, -0.25) is 4.79 Å². The van der Waals surface area contributed by atoms with E-state index in [1.54, 1.807) is 26.2 Å². The molecule has 1 aliphatic carbocycles. The molecule has 0 heterocycles. The van der Waals surface area contributed by atoms with Crippen molar-refractivity contribution in [1.82, 2.24) is 0 Å². The number of nitriles is 1. The molecule has 0 aliphatic heterocycles. The minimum atomic E-state index is -0.867. The van der Waals surface area contributed by atoms with Gasteiger partial charge in [0.05, 0.1) is 13.2 Å². The topological polar surface area (TPSA) is 50.1 Å². The summed E-state index contributed by atoms with van der Waals surface area (Å²) in [7, 11) is 1.62. The fourth-order valence-electron chi connectivity index (χ4n) is 2.38. The summed E-state index contributed by atoms with van der Waals surface area (Å²) in [6, 6.07) is 5.72. The lowest BCUT2D eigenvalue weighted by Gasteiger charge is -2.28. The first kappa shape index (κ1) is 11.7. The molecule has 3 heteroatoms. The van der Waals surface area contributed by atoms with Gasteiger partial charge in [-0.15, -0.1) is 0 Å². The highest BCUT2D eigenvalue weighted by atomic mass is 16.5. The first-order valence-corrected chi connectivity index (χ1v) is 5.66. The normalized spacial score (nSPS) is 22.8. The highest BCUT2D eigenvalue weighted by molar-refractivity contribution is 6.04. The molecule has 17 heavy (non-hydrogen) atoms. The minimum absolute atomic E-state index is 0.0630. The van der Waals surface area contributed by atoms with Crippen molar-refractivity contribution in [2.45, 2.75) is 26.7 Å². The van der Waals surface area contributed by atoms with Gasteiger partial charge in [-0.25, -0.2) is 0 Å². The largest absolute Gasteiger partial charge is 0.496 e. The molecule has 1 aliphatic rings. The standard InChI is InChI=1S/C14H15NO2/c1-9-10-6-7-14(2,8-15)13(16)11(10)4-5-12(9)17-3/h4-5H,6-7H2,1-3H3/t14-/m0/s1. The van der Waals surface area contributed by atoms with E-state index in [2.05, 4.69) is 6.07 Å². The van der Waals surface area contributed by atoms with Crippen molar-refractivity contribution >= 4 is 5.78 Å². The average Bonchev–Trinajstić information content (AvgIpc) is 2.34. The van der Waals surface area contributed by atoms with Crippen LogP contribution in [0, 0.1) is 23.7 Å². The maximum absolute atomic E-state index is 12.3. The summed E-state index contributed by atoms with van der Waals surface area (Å²) < 4.78 is 5.25. The monoisotopic (exact) mass is 229 g/mol. The van der Waals surface area contributed by atoms with Crippen molar-refractivity contribution in [3.05, 3.63) is 28.8 Å². The van der Waals surface area contributed by atoms with E-state index >= 15 is 0 Å². The van der Waals surface area contributed by atoms with Crippen molar-refractivity contribution in [3.63, 3.8) is 0 Å². The number of ketones is 1. The molecule has 1 aromatic rings. The second kappa shape index (κ2) is 3.89. The Hall–Kier alpha value is -1.82. The summed E-state index contributed by atoms with van der Waals surface area (Å²) in [5.41, 5.74) is 1.85. The number of carbonyl (C=O) groups excluding carboxylic acids is 1. The van der Waals surface area contributed by atoms with Crippen LogP contribution in [0.3, 0.4) is 0 Å². The summed E-state index contributed by atoms with van der Waals surface area (Å²) in [4.78, 5) is 12.3. The number of methoxy groups -OCH3 is 1. The molecule has 0 N–H and O–H groups in total. The predicted octanol–water partition coefficient (Wildman–Crippen LogP) is 2.66. The van der Waals surface area contributed by atoms with Crippen LogP contribution in [-0.2, 0) is 6.42 Å². The molecule has 0 radical (unpaired) electrons. The van der Waals surface area contributed by atoms with E-state index in [-0.39, 0.29) is 5.78 Å². The van der Waals surface area contributed by atoms with Gasteiger partial charge in [0.1, 0.15) is 11.2 Å². The zero-order valence-corrected chi connectivity index (χ0v) is 10.3. The van der Waals surface area contributed by atoms with E-state index < -0.39 is 5.41 Å². The maximum Gasteiger partial charge on any atom is 0.183 e. The third-order valence-corrected chi connectivity index (χ3v) is 3.64. The lowest BCUT2D eigenvalue weighted by Crippen LogP contribution is -2.32. The van der Waals surface area contributed by atoms with E-state index in [1.807, 2.05) is 6.92 Å². The van der Waals surface area contributed by atoms with Gasteiger partial charge in [-0.2, -0.15) is 5.26 Å². The summed E-state index contributed by atoms with van der Waals surface area (Å²) in [6.07, 6.45) is 1.34. The third-order valence-electron chi connectivity index (χ3n) is 3.64. The van der Waals surface area contributed by atoms with Gasteiger partial charge in [0.25, 0.3) is 0 Å². The zero-order valence-electron chi connectivity index (χ0n) is 10.3. The van der Waals surface area contributed by atoms with Crippen LogP contribution in [0.2, 0.25) is 0 Å². The van der Waals surface area contributed by atoms with E-state index in [1.165, 1.54) is 0 Å². The molecule has 0 amide bonds. The fourth-order valence-corrected chi connectivity index (χ4v) is 2.38. The number of nitrogens with zero attached hydrogens (tertiary/aromatic N) is 1. The van der Waals surface area contributed by atoms with Crippen LogP contribution in [0.5, 0.6) is 5.75 Å². The van der Waals surface area contributed by atoms with Gasteiger partial charge < -0.3 is 4.74 Å². The number of hydrogen-bond donors (Lipinski definition) is 0. The minimum Gasteiger partial charge on any atom is -0.496 e. The summed E-state index contributed by atoms with van der Waals surface area (Å²) >= 11 is 0. The molecule has 0 unspecified atom stereocenters. The molecule has 2 rings (SSSR count). The number of hydrogen-bond acceptors (Lipinski definition) is 3. The smallest absolute Gasteiger partial charge is 0.183 e. The molecule has 1 atom stereocenters. The number of rotatable bonds is 1. The Bertz CT molecular complexity index is 528. The van der Waals surface area contributed by atoms with Crippen molar-refractivity contribution < 1.29 is 9.53 Å². The summed E-state index contributed by atoms with van der Waals surface area (Å²) in [5.74, 6) is 0.740. The molecular formula is C14H15NO2. The Morgan fingerprint density at radius 2 is 2.18 bits per heavy atom. The molecule has 1 aromatic carbocycles. The van der Waals surface area contributed by atoms with E-state index in [9.17, 15) is 4.79 Å². The number of ether oxygens (including phenoxy) is 1. The Kier molecular flexibility index (Phi) is 2.66. The highest BCUT2D eigenvalue weighted by Gasteiger charge is 2.39.